The predicted octanol–water partition coefficient (Wildman–Crippen LogP) is 0.937. The molecule has 3 nitrogen and oxygen atoms in total. The Hall–Kier alpha value is -1.53. The quantitative estimate of drug-likeness (QED) is 0.451. The Bertz CT molecular complexity index is 785. The molecule has 0 amide bonds. The maximum Gasteiger partial charge on any atom is 0.281 e. The molecule has 0 spiro atoms. The molecule has 0 atom stereocenters. The summed E-state index contributed by atoms with van der Waals surface area (Å²) in [5, 5.41) is 0.705. The number of imidazole rings is 1. The fraction of sp³-hybridized carbons (Fsp3) is 0.118. The third-order valence-electron chi connectivity index (χ3n) is 3.37. The lowest BCUT2D eigenvalue weighted by molar-refractivity contribution is -0.672. The van der Waals surface area contributed by atoms with E-state index in [9.17, 15) is 0 Å². The molecular weight excluding hydrogens is 411 g/mol. The second-order valence-electron chi connectivity index (χ2n) is 4.92. The molecule has 0 bridgehead atoms. The molecule has 0 unspecified atom stereocenters. The van der Waals surface area contributed by atoms with Crippen molar-refractivity contribution in [3.63, 3.8) is 0 Å². The Morgan fingerprint density at radius 1 is 1.18 bits per heavy atom. The van der Waals surface area contributed by atoms with Gasteiger partial charge in [0.2, 0.25) is 0 Å². The van der Waals surface area contributed by atoms with E-state index < -0.39 is 0 Å². The maximum absolute atomic E-state index is 6.00. The van der Waals surface area contributed by atoms with Gasteiger partial charge < -0.3 is 28.4 Å². The van der Waals surface area contributed by atoms with Gasteiger partial charge in [-0.05, 0) is 30.3 Å². The Morgan fingerprint density at radius 2 is 2.00 bits per heavy atom. The van der Waals surface area contributed by atoms with E-state index in [0.717, 1.165) is 22.9 Å². The largest absolute Gasteiger partial charge is 1.00 e. The zero-order valence-corrected chi connectivity index (χ0v) is 15.2. The molecule has 1 aromatic carbocycles. The first kappa shape index (κ1) is 16.8. The molecule has 2 heterocycles. The molecule has 22 heavy (non-hydrogen) atoms. The van der Waals surface area contributed by atoms with Gasteiger partial charge in [0.15, 0.2) is 0 Å². The minimum Gasteiger partial charge on any atom is -1.00 e. The topological polar surface area (TPSA) is 21.9 Å². The molecule has 0 saturated heterocycles. The van der Waals surface area contributed by atoms with Crippen molar-refractivity contribution in [2.75, 3.05) is 0 Å². The minimum absolute atomic E-state index is 0. The van der Waals surface area contributed by atoms with E-state index in [1.807, 2.05) is 75.0 Å². The first-order chi connectivity index (χ1) is 10.1. The van der Waals surface area contributed by atoms with Gasteiger partial charge in [0.25, 0.3) is 5.82 Å². The van der Waals surface area contributed by atoms with E-state index in [-0.39, 0.29) is 24.0 Å². The van der Waals surface area contributed by atoms with E-state index in [1.165, 1.54) is 0 Å². The number of nitrogens with zero attached hydrogens (tertiary/aromatic N) is 2. The van der Waals surface area contributed by atoms with Crippen molar-refractivity contribution in [1.82, 2.24) is 4.57 Å². The summed E-state index contributed by atoms with van der Waals surface area (Å²) in [6.07, 6.45) is 8.02. The molecule has 2 aromatic heterocycles. The average Bonchev–Trinajstić information content (AvgIpc) is 3.05. The second kappa shape index (κ2) is 7.15. The van der Waals surface area contributed by atoms with E-state index >= 15 is 0 Å². The summed E-state index contributed by atoms with van der Waals surface area (Å²) in [7, 11) is 4.03. The van der Waals surface area contributed by atoms with E-state index in [4.69, 9.17) is 16.0 Å². The lowest BCUT2D eigenvalue weighted by Crippen LogP contribution is -3.00. The zero-order valence-electron chi connectivity index (χ0n) is 12.3. The first-order valence-corrected chi connectivity index (χ1v) is 7.06. The molecule has 3 rings (SSSR count). The van der Waals surface area contributed by atoms with Crippen LogP contribution in [0.2, 0.25) is 5.02 Å². The molecular formula is C17H16ClIN2O. The SMILES string of the molecule is Cn1cc[n+](C)c1/C=C/c1ccc(-c2cccc(Cl)c2)o1.[I-]. The van der Waals surface area contributed by atoms with Crippen molar-refractivity contribution in [1.29, 1.82) is 0 Å². The smallest absolute Gasteiger partial charge is 0.281 e. The van der Waals surface area contributed by atoms with E-state index in [1.54, 1.807) is 0 Å². The highest BCUT2D eigenvalue weighted by Crippen LogP contribution is 2.25. The maximum atomic E-state index is 6.00. The van der Waals surface area contributed by atoms with Crippen LogP contribution in [0.15, 0.2) is 53.2 Å². The lowest BCUT2D eigenvalue weighted by atomic mass is 10.2. The van der Waals surface area contributed by atoms with Crippen molar-refractivity contribution < 1.29 is 33.0 Å². The molecule has 0 saturated carbocycles. The van der Waals surface area contributed by atoms with Crippen LogP contribution in [0.1, 0.15) is 11.6 Å². The monoisotopic (exact) mass is 426 g/mol. The molecule has 3 aromatic rings. The highest BCUT2D eigenvalue weighted by molar-refractivity contribution is 6.30. The van der Waals surface area contributed by atoms with Crippen molar-refractivity contribution in [2.24, 2.45) is 14.1 Å². The Morgan fingerprint density at radius 3 is 2.68 bits per heavy atom. The summed E-state index contributed by atoms with van der Waals surface area (Å²) >= 11 is 6.00. The molecule has 0 aliphatic heterocycles. The first-order valence-electron chi connectivity index (χ1n) is 6.68. The number of hydrogen-bond donors (Lipinski definition) is 0. The third-order valence-corrected chi connectivity index (χ3v) is 3.60. The normalized spacial score (nSPS) is 10.9. The van der Waals surface area contributed by atoms with Crippen LogP contribution in [-0.2, 0) is 14.1 Å². The van der Waals surface area contributed by atoms with Gasteiger partial charge in [-0.1, -0.05) is 23.7 Å². The summed E-state index contributed by atoms with van der Waals surface area (Å²) in [5.41, 5.74) is 0.978. The lowest BCUT2D eigenvalue weighted by Gasteiger charge is -1.96. The van der Waals surface area contributed by atoms with Crippen LogP contribution < -0.4 is 28.5 Å². The molecule has 0 aliphatic carbocycles. The molecule has 0 aliphatic rings. The number of aryl methyl sites for hydroxylation is 2. The number of rotatable bonds is 3. The van der Waals surface area contributed by atoms with Gasteiger partial charge in [0.1, 0.15) is 23.9 Å². The highest BCUT2D eigenvalue weighted by atomic mass is 127. The fourth-order valence-corrected chi connectivity index (χ4v) is 2.42. The van der Waals surface area contributed by atoms with E-state index in [0.29, 0.717) is 5.02 Å². The van der Waals surface area contributed by atoms with Gasteiger partial charge in [-0.25, -0.2) is 9.13 Å². The van der Waals surface area contributed by atoms with Crippen LogP contribution in [0.3, 0.4) is 0 Å². The molecule has 0 fully saturated rings. The van der Waals surface area contributed by atoms with Gasteiger partial charge in [-0.15, -0.1) is 0 Å². The number of halogens is 2. The molecule has 0 N–H and O–H groups in total. The third kappa shape index (κ3) is 3.62. The van der Waals surface area contributed by atoms with Crippen molar-refractivity contribution in [3.8, 4) is 11.3 Å². The van der Waals surface area contributed by atoms with E-state index in [2.05, 4.69) is 9.13 Å². The summed E-state index contributed by atoms with van der Waals surface area (Å²) in [5.74, 6) is 2.72. The zero-order chi connectivity index (χ0) is 14.8. The summed E-state index contributed by atoms with van der Waals surface area (Å²) in [6.45, 7) is 0. The molecule has 114 valence electrons. The van der Waals surface area contributed by atoms with Gasteiger partial charge in [0.05, 0.1) is 14.1 Å². The summed E-state index contributed by atoms with van der Waals surface area (Å²) in [6, 6.07) is 11.6. The number of hydrogen-bond acceptors (Lipinski definition) is 1. The highest BCUT2D eigenvalue weighted by Gasteiger charge is 2.08. The summed E-state index contributed by atoms with van der Waals surface area (Å²) < 4.78 is 9.94. The van der Waals surface area contributed by atoms with Crippen molar-refractivity contribution in [2.45, 2.75) is 0 Å². The Kier molecular flexibility index (Phi) is 5.47. The van der Waals surface area contributed by atoms with Crippen LogP contribution in [-0.4, -0.2) is 4.57 Å². The van der Waals surface area contributed by atoms with Crippen LogP contribution in [0.5, 0.6) is 0 Å². The Balaban J connectivity index is 0.00000176. The minimum atomic E-state index is 0. The second-order valence-corrected chi connectivity index (χ2v) is 5.36. The van der Waals surface area contributed by atoms with Gasteiger partial charge in [-0.3, -0.25) is 0 Å². The van der Waals surface area contributed by atoms with Gasteiger partial charge in [-0.2, -0.15) is 0 Å². The van der Waals surface area contributed by atoms with Crippen LogP contribution in [0.4, 0.5) is 0 Å². The molecule has 0 radical (unpaired) electrons. The predicted molar refractivity (Wildman–Crippen MR) is 84.7 cm³/mol. The summed E-state index contributed by atoms with van der Waals surface area (Å²) in [4.78, 5) is 0. The number of furan rings is 1. The van der Waals surface area contributed by atoms with Crippen LogP contribution in [0.25, 0.3) is 23.5 Å². The van der Waals surface area contributed by atoms with Crippen LogP contribution >= 0.6 is 11.6 Å². The molecule has 5 heteroatoms. The number of benzene rings is 1. The van der Waals surface area contributed by atoms with Crippen LogP contribution in [0, 0.1) is 0 Å². The van der Waals surface area contributed by atoms with Crippen molar-refractivity contribution >= 4 is 23.8 Å². The Labute approximate surface area is 151 Å². The fourth-order valence-electron chi connectivity index (χ4n) is 2.23. The standard InChI is InChI=1S/C17H16ClN2O.HI/c1-19-10-11-20(2)17(19)9-7-15-6-8-16(21-15)13-4-3-5-14(18)12-13;/h3-12H,1-2H3;1H/q+1;/p-1/b9-7+;. The van der Waals surface area contributed by atoms with Crippen molar-refractivity contribution in [3.05, 3.63) is 65.4 Å². The van der Waals surface area contributed by atoms with Gasteiger partial charge >= 0.3 is 0 Å². The average molecular weight is 427 g/mol. The number of aromatic nitrogens is 2. The van der Waals surface area contributed by atoms with Gasteiger partial charge in [0, 0.05) is 16.7 Å².